The topological polar surface area (TPSA) is 63.9 Å². The Kier molecular flexibility index (Phi) is 6.99. The van der Waals surface area contributed by atoms with E-state index in [-0.39, 0.29) is 0 Å². The van der Waals surface area contributed by atoms with Gasteiger partial charge in [0.15, 0.2) is 0 Å². The number of aliphatic carboxylic acids is 1. The van der Waals surface area contributed by atoms with Gasteiger partial charge in [-0.25, -0.2) is 0 Å². The first-order chi connectivity index (χ1) is 6.22. The maximum Gasteiger partial charge on any atom is 0.0621 e. The molecule has 1 atom stereocenters. The summed E-state index contributed by atoms with van der Waals surface area (Å²) in [5, 5.41) is 18.9. The zero-order valence-corrected chi connectivity index (χ0v) is 8.08. The highest BCUT2D eigenvalue weighted by Gasteiger charge is 2.08. The van der Waals surface area contributed by atoms with Gasteiger partial charge in [-0.2, -0.15) is 5.26 Å². The number of unbranched alkanes of at least 4 members (excludes halogenated alkanes) is 2. The third-order valence-electron chi connectivity index (χ3n) is 2.09. The first kappa shape index (κ1) is 12.0. The van der Waals surface area contributed by atoms with E-state index in [0.29, 0.717) is 19.3 Å². The zero-order chi connectivity index (χ0) is 10.1. The fraction of sp³-hybridized carbons (Fsp3) is 0.800. The molecule has 0 unspecified atom stereocenters. The molecule has 0 saturated carbocycles. The number of carboxylic acid groups (broad SMARTS) is 1. The maximum atomic E-state index is 10.6. The minimum atomic E-state index is -1.01. The van der Waals surface area contributed by atoms with E-state index in [2.05, 4.69) is 6.92 Å². The standard InChI is InChI=1S/C10H17NO2/c1-2-3-4-6-9(10(12)13)7-5-8-11/h9H,2-7H2,1H3,(H,12,13)/p-1/t9-/m1/s1. The molecule has 3 heteroatoms. The normalized spacial score (nSPS) is 12.0. The molecule has 0 aliphatic carbocycles. The van der Waals surface area contributed by atoms with Crippen LogP contribution in [-0.2, 0) is 4.79 Å². The van der Waals surface area contributed by atoms with Gasteiger partial charge < -0.3 is 9.90 Å². The van der Waals surface area contributed by atoms with Crippen LogP contribution in [0.25, 0.3) is 0 Å². The lowest BCUT2D eigenvalue weighted by molar-refractivity contribution is -0.312. The van der Waals surface area contributed by atoms with E-state index >= 15 is 0 Å². The van der Waals surface area contributed by atoms with Crippen LogP contribution < -0.4 is 5.11 Å². The van der Waals surface area contributed by atoms with Crippen LogP contribution in [0.4, 0.5) is 0 Å². The predicted molar refractivity (Wildman–Crippen MR) is 47.5 cm³/mol. The van der Waals surface area contributed by atoms with Crippen molar-refractivity contribution in [2.75, 3.05) is 0 Å². The molecule has 0 aromatic rings. The molecular weight excluding hydrogens is 166 g/mol. The summed E-state index contributed by atoms with van der Waals surface area (Å²) in [4.78, 5) is 10.6. The van der Waals surface area contributed by atoms with Crippen LogP contribution >= 0.6 is 0 Å². The Morgan fingerprint density at radius 1 is 1.46 bits per heavy atom. The quantitative estimate of drug-likeness (QED) is 0.556. The number of hydrogen-bond acceptors (Lipinski definition) is 3. The smallest absolute Gasteiger partial charge is 0.0621 e. The van der Waals surface area contributed by atoms with Crippen molar-refractivity contribution in [3.8, 4) is 6.07 Å². The molecule has 0 aliphatic heterocycles. The van der Waals surface area contributed by atoms with E-state index in [1.54, 1.807) is 0 Å². The van der Waals surface area contributed by atoms with Crippen molar-refractivity contribution in [2.45, 2.75) is 45.4 Å². The fourth-order valence-corrected chi connectivity index (χ4v) is 1.26. The van der Waals surface area contributed by atoms with Crippen molar-refractivity contribution in [1.29, 1.82) is 5.26 Å². The van der Waals surface area contributed by atoms with Gasteiger partial charge in [0, 0.05) is 12.4 Å². The second-order valence-corrected chi connectivity index (χ2v) is 3.21. The second kappa shape index (κ2) is 7.60. The van der Waals surface area contributed by atoms with Crippen LogP contribution in [0.3, 0.4) is 0 Å². The monoisotopic (exact) mass is 182 g/mol. The second-order valence-electron chi connectivity index (χ2n) is 3.21. The minimum absolute atomic E-state index is 0.310. The molecule has 0 amide bonds. The molecule has 0 heterocycles. The third-order valence-corrected chi connectivity index (χ3v) is 2.09. The Hall–Kier alpha value is -1.04. The number of carbonyl (C=O) groups is 1. The molecule has 13 heavy (non-hydrogen) atoms. The third kappa shape index (κ3) is 6.15. The largest absolute Gasteiger partial charge is 0.550 e. The van der Waals surface area contributed by atoms with E-state index in [1.807, 2.05) is 6.07 Å². The van der Waals surface area contributed by atoms with Crippen LogP contribution in [0.2, 0.25) is 0 Å². The summed E-state index contributed by atoms with van der Waals surface area (Å²) in [6.45, 7) is 2.07. The zero-order valence-electron chi connectivity index (χ0n) is 8.08. The Morgan fingerprint density at radius 2 is 2.15 bits per heavy atom. The fourth-order valence-electron chi connectivity index (χ4n) is 1.26. The number of carboxylic acids is 1. The highest BCUT2D eigenvalue weighted by atomic mass is 16.4. The van der Waals surface area contributed by atoms with E-state index in [0.717, 1.165) is 19.3 Å². The number of nitrogens with zero attached hydrogens (tertiary/aromatic N) is 1. The Balaban J connectivity index is 3.68. The minimum Gasteiger partial charge on any atom is -0.550 e. The summed E-state index contributed by atoms with van der Waals surface area (Å²) < 4.78 is 0. The van der Waals surface area contributed by atoms with Crippen molar-refractivity contribution in [2.24, 2.45) is 5.92 Å². The number of nitriles is 1. The predicted octanol–water partition coefficient (Wildman–Crippen LogP) is 1.24. The van der Waals surface area contributed by atoms with Gasteiger partial charge in [0.2, 0.25) is 0 Å². The van der Waals surface area contributed by atoms with Crippen molar-refractivity contribution in [1.82, 2.24) is 0 Å². The molecule has 0 spiro atoms. The van der Waals surface area contributed by atoms with Crippen LogP contribution in [0.15, 0.2) is 0 Å². The molecule has 0 bridgehead atoms. The molecule has 74 valence electrons. The average Bonchev–Trinajstić information content (AvgIpc) is 2.10. The Bertz CT molecular complexity index is 184. The summed E-state index contributed by atoms with van der Waals surface area (Å²) in [5.74, 6) is -1.43. The average molecular weight is 182 g/mol. The molecule has 0 aromatic heterocycles. The molecule has 3 nitrogen and oxygen atoms in total. The van der Waals surface area contributed by atoms with E-state index < -0.39 is 11.9 Å². The Morgan fingerprint density at radius 3 is 2.62 bits per heavy atom. The molecule has 0 N–H and O–H groups in total. The van der Waals surface area contributed by atoms with Gasteiger partial charge in [0.05, 0.1) is 6.07 Å². The summed E-state index contributed by atoms with van der Waals surface area (Å²) in [6.07, 6.45) is 4.44. The highest BCUT2D eigenvalue weighted by molar-refractivity contribution is 5.67. The number of carbonyl (C=O) groups excluding carboxylic acids is 1. The van der Waals surface area contributed by atoms with E-state index in [1.165, 1.54) is 0 Å². The number of hydrogen-bond donors (Lipinski definition) is 0. The van der Waals surface area contributed by atoms with Gasteiger partial charge in [0.1, 0.15) is 0 Å². The van der Waals surface area contributed by atoms with Crippen molar-refractivity contribution in [3.63, 3.8) is 0 Å². The van der Waals surface area contributed by atoms with Crippen molar-refractivity contribution < 1.29 is 9.90 Å². The van der Waals surface area contributed by atoms with Gasteiger partial charge >= 0.3 is 0 Å². The van der Waals surface area contributed by atoms with Gasteiger partial charge in [0.25, 0.3) is 0 Å². The molecule has 0 fully saturated rings. The Labute approximate surface area is 79.4 Å². The first-order valence-electron chi connectivity index (χ1n) is 4.80. The lowest BCUT2D eigenvalue weighted by atomic mass is 9.97. The summed E-state index contributed by atoms with van der Waals surface area (Å²) in [6, 6.07) is 1.95. The molecule has 0 aliphatic rings. The van der Waals surface area contributed by atoms with Crippen LogP contribution in [0.5, 0.6) is 0 Å². The number of rotatable bonds is 7. The molecule has 0 saturated heterocycles. The maximum absolute atomic E-state index is 10.6. The lowest BCUT2D eigenvalue weighted by Gasteiger charge is -2.15. The molecule has 0 radical (unpaired) electrons. The summed E-state index contributed by atoms with van der Waals surface area (Å²) in [7, 11) is 0. The van der Waals surface area contributed by atoms with Crippen LogP contribution in [0.1, 0.15) is 45.4 Å². The van der Waals surface area contributed by atoms with Gasteiger partial charge in [-0.05, 0) is 18.8 Å². The van der Waals surface area contributed by atoms with Crippen LogP contribution in [-0.4, -0.2) is 5.97 Å². The summed E-state index contributed by atoms with van der Waals surface area (Å²) in [5.41, 5.74) is 0. The van der Waals surface area contributed by atoms with Crippen molar-refractivity contribution >= 4 is 5.97 Å². The molecule has 0 aromatic carbocycles. The lowest BCUT2D eigenvalue weighted by Crippen LogP contribution is -2.31. The van der Waals surface area contributed by atoms with Crippen molar-refractivity contribution in [3.05, 3.63) is 0 Å². The van der Waals surface area contributed by atoms with Gasteiger partial charge in [-0.15, -0.1) is 0 Å². The van der Waals surface area contributed by atoms with Crippen LogP contribution in [0, 0.1) is 17.2 Å². The first-order valence-corrected chi connectivity index (χ1v) is 4.80. The molecule has 0 rings (SSSR count). The van der Waals surface area contributed by atoms with Gasteiger partial charge in [-0.1, -0.05) is 26.2 Å². The highest BCUT2D eigenvalue weighted by Crippen LogP contribution is 2.14. The summed E-state index contributed by atoms with van der Waals surface area (Å²) >= 11 is 0. The SMILES string of the molecule is CCCCC[C@H](CCC#N)C(=O)[O-]. The van der Waals surface area contributed by atoms with E-state index in [9.17, 15) is 9.90 Å². The molecular formula is C10H16NO2-. The van der Waals surface area contributed by atoms with E-state index in [4.69, 9.17) is 5.26 Å². The van der Waals surface area contributed by atoms with Gasteiger partial charge in [-0.3, -0.25) is 0 Å².